The summed E-state index contributed by atoms with van der Waals surface area (Å²) in [5.74, 6) is 1.72. The number of anilines is 1. The van der Waals surface area contributed by atoms with Gasteiger partial charge in [0.2, 0.25) is 0 Å². The van der Waals surface area contributed by atoms with Gasteiger partial charge in [-0.3, -0.25) is 0 Å². The van der Waals surface area contributed by atoms with Crippen LogP contribution < -0.4 is 10.6 Å². The van der Waals surface area contributed by atoms with Gasteiger partial charge in [0.1, 0.15) is 5.82 Å². The third-order valence-electron chi connectivity index (χ3n) is 3.33. The van der Waals surface area contributed by atoms with E-state index in [4.69, 9.17) is 0 Å². The highest BCUT2D eigenvalue weighted by atomic mass is 15.0. The first-order chi connectivity index (χ1) is 7.75. The first-order valence-electron chi connectivity index (χ1n) is 6.15. The summed E-state index contributed by atoms with van der Waals surface area (Å²) in [6, 6.07) is 4.62. The number of piperidine rings is 1. The number of pyridine rings is 1. The van der Waals surface area contributed by atoms with Crippen molar-refractivity contribution >= 4 is 5.82 Å². The first kappa shape index (κ1) is 11.4. The minimum absolute atomic E-state index is 0.488. The Morgan fingerprint density at radius 2 is 2.44 bits per heavy atom. The topological polar surface area (TPSA) is 37.0 Å². The van der Waals surface area contributed by atoms with Crippen molar-refractivity contribution in [1.82, 2.24) is 10.3 Å². The molecule has 0 spiro atoms. The van der Waals surface area contributed by atoms with Crippen LogP contribution in [0.15, 0.2) is 18.3 Å². The molecule has 3 nitrogen and oxygen atoms in total. The molecule has 0 saturated carbocycles. The van der Waals surface area contributed by atoms with Crippen LogP contribution in [0.3, 0.4) is 0 Å². The van der Waals surface area contributed by atoms with Crippen molar-refractivity contribution in [2.45, 2.75) is 32.7 Å². The highest BCUT2D eigenvalue weighted by Gasteiger charge is 2.19. The van der Waals surface area contributed by atoms with E-state index in [9.17, 15) is 0 Å². The van der Waals surface area contributed by atoms with Gasteiger partial charge in [-0.1, -0.05) is 0 Å². The lowest BCUT2D eigenvalue weighted by Crippen LogP contribution is -2.38. The summed E-state index contributed by atoms with van der Waals surface area (Å²) in [5.41, 5.74) is 1.26. The van der Waals surface area contributed by atoms with Gasteiger partial charge in [-0.05, 0) is 63.4 Å². The van der Waals surface area contributed by atoms with E-state index in [1.165, 1.54) is 24.9 Å². The normalized spacial score (nSPS) is 22.8. The molecule has 88 valence electrons. The predicted octanol–water partition coefficient (Wildman–Crippen LogP) is 2.19. The Labute approximate surface area is 97.7 Å². The van der Waals surface area contributed by atoms with Crippen molar-refractivity contribution in [1.29, 1.82) is 0 Å². The second-order valence-corrected chi connectivity index (χ2v) is 4.76. The maximum atomic E-state index is 4.34. The van der Waals surface area contributed by atoms with E-state index in [0.29, 0.717) is 6.04 Å². The van der Waals surface area contributed by atoms with Gasteiger partial charge in [0.25, 0.3) is 0 Å². The largest absolute Gasteiger partial charge is 0.367 e. The van der Waals surface area contributed by atoms with Crippen LogP contribution in [0.2, 0.25) is 0 Å². The summed E-state index contributed by atoms with van der Waals surface area (Å²) in [6.07, 6.45) is 4.47. The Morgan fingerprint density at radius 3 is 3.12 bits per heavy atom. The summed E-state index contributed by atoms with van der Waals surface area (Å²) >= 11 is 0. The number of nitrogens with zero attached hydrogens (tertiary/aromatic N) is 1. The molecule has 1 fully saturated rings. The minimum atomic E-state index is 0.488. The van der Waals surface area contributed by atoms with Gasteiger partial charge in [0.05, 0.1) is 0 Å². The first-order valence-corrected chi connectivity index (χ1v) is 6.15. The Bertz CT molecular complexity index is 332. The molecular weight excluding hydrogens is 198 g/mol. The molecule has 2 atom stereocenters. The van der Waals surface area contributed by atoms with Gasteiger partial charge in [0.15, 0.2) is 0 Å². The molecule has 0 radical (unpaired) electrons. The van der Waals surface area contributed by atoms with Crippen LogP contribution in [-0.4, -0.2) is 24.1 Å². The number of rotatable bonds is 3. The molecule has 2 rings (SSSR count). The van der Waals surface area contributed by atoms with Crippen molar-refractivity contribution < 1.29 is 0 Å². The van der Waals surface area contributed by atoms with Crippen LogP contribution in [0.5, 0.6) is 0 Å². The van der Waals surface area contributed by atoms with Crippen molar-refractivity contribution in [3.63, 3.8) is 0 Å². The van der Waals surface area contributed by atoms with E-state index in [2.05, 4.69) is 35.5 Å². The Kier molecular flexibility index (Phi) is 3.78. The molecule has 1 aromatic rings. The summed E-state index contributed by atoms with van der Waals surface area (Å²) in [6.45, 7) is 6.65. The molecule has 0 aromatic carbocycles. The highest BCUT2D eigenvalue weighted by molar-refractivity contribution is 5.38. The molecule has 0 amide bonds. The molecule has 2 unspecified atom stereocenters. The molecule has 3 heteroatoms. The molecule has 2 heterocycles. The zero-order valence-electron chi connectivity index (χ0n) is 10.2. The third-order valence-corrected chi connectivity index (χ3v) is 3.33. The predicted molar refractivity (Wildman–Crippen MR) is 67.7 cm³/mol. The van der Waals surface area contributed by atoms with E-state index >= 15 is 0 Å². The standard InChI is InChI=1S/C13H21N3/c1-10-5-7-15-13(8-10)16-11(2)12-4-3-6-14-9-12/h5,7-8,11-12,14H,3-4,6,9H2,1-2H3,(H,15,16). The SMILES string of the molecule is Cc1ccnc(NC(C)C2CCCNC2)c1. The number of aromatic nitrogens is 1. The lowest BCUT2D eigenvalue weighted by Gasteiger charge is -2.29. The quantitative estimate of drug-likeness (QED) is 0.818. The number of hydrogen-bond acceptors (Lipinski definition) is 3. The Hall–Kier alpha value is -1.09. The Balaban J connectivity index is 1.93. The summed E-state index contributed by atoms with van der Waals surface area (Å²) < 4.78 is 0. The molecule has 1 aliphatic heterocycles. The molecule has 0 aliphatic carbocycles. The van der Waals surface area contributed by atoms with Gasteiger partial charge in [-0.2, -0.15) is 0 Å². The maximum absolute atomic E-state index is 4.34. The van der Waals surface area contributed by atoms with E-state index in [1.54, 1.807) is 0 Å². The van der Waals surface area contributed by atoms with Crippen molar-refractivity contribution in [3.8, 4) is 0 Å². The van der Waals surface area contributed by atoms with Gasteiger partial charge in [0, 0.05) is 12.2 Å². The lowest BCUT2D eigenvalue weighted by atomic mass is 9.93. The average molecular weight is 219 g/mol. The van der Waals surface area contributed by atoms with Crippen LogP contribution >= 0.6 is 0 Å². The monoisotopic (exact) mass is 219 g/mol. The molecule has 16 heavy (non-hydrogen) atoms. The summed E-state index contributed by atoms with van der Waals surface area (Å²) in [4.78, 5) is 4.34. The van der Waals surface area contributed by atoms with Gasteiger partial charge in [-0.15, -0.1) is 0 Å². The zero-order valence-corrected chi connectivity index (χ0v) is 10.2. The van der Waals surface area contributed by atoms with Crippen molar-refractivity contribution in [3.05, 3.63) is 23.9 Å². The minimum Gasteiger partial charge on any atom is -0.367 e. The van der Waals surface area contributed by atoms with Crippen molar-refractivity contribution in [2.75, 3.05) is 18.4 Å². The number of aryl methyl sites for hydroxylation is 1. The van der Waals surface area contributed by atoms with Gasteiger partial charge < -0.3 is 10.6 Å². The lowest BCUT2D eigenvalue weighted by molar-refractivity contribution is 0.346. The summed E-state index contributed by atoms with van der Waals surface area (Å²) in [7, 11) is 0. The fraction of sp³-hybridized carbons (Fsp3) is 0.615. The fourth-order valence-corrected chi connectivity index (χ4v) is 2.27. The van der Waals surface area contributed by atoms with Crippen LogP contribution in [0.25, 0.3) is 0 Å². The van der Waals surface area contributed by atoms with Gasteiger partial charge >= 0.3 is 0 Å². The van der Waals surface area contributed by atoms with Crippen LogP contribution in [-0.2, 0) is 0 Å². The second kappa shape index (κ2) is 5.30. The zero-order chi connectivity index (χ0) is 11.4. The highest BCUT2D eigenvalue weighted by Crippen LogP contribution is 2.17. The third kappa shape index (κ3) is 2.95. The number of hydrogen-bond donors (Lipinski definition) is 2. The molecule has 0 bridgehead atoms. The Morgan fingerprint density at radius 1 is 1.56 bits per heavy atom. The molecule has 2 N–H and O–H groups in total. The molecule has 1 saturated heterocycles. The average Bonchev–Trinajstić information content (AvgIpc) is 2.30. The summed E-state index contributed by atoms with van der Waals surface area (Å²) in [5, 5.41) is 6.95. The van der Waals surface area contributed by atoms with Crippen LogP contribution in [0.4, 0.5) is 5.82 Å². The van der Waals surface area contributed by atoms with E-state index in [-0.39, 0.29) is 0 Å². The second-order valence-electron chi connectivity index (χ2n) is 4.76. The van der Waals surface area contributed by atoms with Crippen LogP contribution in [0.1, 0.15) is 25.3 Å². The van der Waals surface area contributed by atoms with E-state index in [0.717, 1.165) is 18.3 Å². The fourth-order valence-electron chi connectivity index (χ4n) is 2.27. The van der Waals surface area contributed by atoms with Gasteiger partial charge in [-0.25, -0.2) is 4.98 Å². The van der Waals surface area contributed by atoms with Crippen LogP contribution in [0, 0.1) is 12.8 Å². The van der Waals surface area contributed by atoms with E-state index < -0.39 is 0 Å². The molecular formula is C13H21N3. The smallest absolute Gasteiger partial charge is 0.126 e. The molecule has 1 aromatic heterocycles. The van der Waals surface area contributed by atoms with E-state index in [1.807, 2.05) is 12.3 Å². The maximum Gasteiger partial charge on any atom is 0.126 e. The molecule has 1 aliphatic rings. The number of nitrogens with one attached hydrogen (secondary N) is 2. The van der Waals surface area contributed by atoms with Crippen molar-refractivity contribution in [2.24, 2.45) is 5.92 Å².